The number of ether oxygens (including phenoxy) is 1. The van der Waals surface area contributed by atoms with Crippen LogP contribution in [0.2, 0.25) is 0 Å². The normalized spacial score (nSPS) is 11.1. The lowest BCUT2D eigenvalue weighted by molar-refractivity contribution is 0.0527. The van der Waals surface area contributed by atoms with Gasteiger partial charge in [-0.2, -0.15) is 10.2 Å². The van der Waals surface area contributed by atoms with E-state index in [4.69, 9.17) is 4.74 Å². The molecule has 0 aliphatic carbocycles. The Morgan fingerprint density at radius 2 is 1.89 bits per heavy atom. The first-order chi connectivity index (χ1) is 16.5. The molecular weight excluding hydrogens is 514 g/mol. The zero-order valence-electron chi connectivity index (χ0n) is 21.9. The SMILES string of the molecule is CCCCN(CCCCCNC(=O)OC(C)(C)C)C(=O)NN(CC(C)C)c1nc(C#N)ncc1Br. The summed E-state index contributed by atoms with van der Waals surface area (Å²) in [7, 11) is 0. The zero-order valence-corrected chi connectivity index (χ0v) is 23.4. The number of hydrogen-bond acceptors (Lipinski definition) is 7. The predicted octanol–water partition coefficient (Wildman–Crippen LogP) is 4.99. The topological polar surface area (TPSA) is 123 Å². The molecule has 1 rings (SSSR count). The van der Waals surface area contributed by atoms with Crippen molar-refractivity contribution in [2.24, 2.45) is 5.92 Å². The molecule has 2 N–H and O–H groups in total. The quantitative estimate of drug-likeness (QED) is 0.260. The molecule has 0 radical (unpaired) electrons. The van der Waals surface area contributed by atoms with Gasteiger partial charge in [0.15, 0.2) is 5.82 Å². The summed E-state index contributed by atoms with van der Waals surface area (Å²) in [4.78, 5) is 35.0. The summed E-state index contributed by atoms with van der Waals surface area (Å²) in [6.07, 6.45) is 5.45. The Morgan fingerprint density at radius 1 is 1.20 bits per heavy atom. The number of anilines is 1. The fourth-order valence-corrected chi connectivity index (χ4v) is 3.52. The van der Waals surface area contributed by atoms with Gasteiger partial charge in [0.1, 0.15) is 11.7 Å². The van der Waals surface area contributed by atoms with E-state index >= 15 is 0 Å². The van der Waals surface area contributed by atoms with Crippen LogP contribution in [0.5, 0.6) is 0 Å². The summed E-state index contributed by atoms with van der Waals surface area (Å²) in [6, 6.07) is 1.73. The molecule has 0 fully saturated rings. The molecule has 1 aromatic rings. The number of hydrazine groups is 1. The fraction of sp³-hybridized carbons (Fsp3) is 0.708. The summed E-state index contributed by atoms with van der Waals surface area (Å²) in [6.45, 7) is 13.9. The Bertz CT molecular complexity index is 852. The molecule has 1 heterocycles. The van der Waals surface area contributed by atoms with Crippen LogP contribution in [-0.2, 0) is 4.74 Å². The number of nitriles is 1. The van der Waals surface area contributed by atoms with E-state index in [1.165, 1.54) is 6.20 Å². The van der Waals surface area contributed by atoms with Crippen molar-refractivity contribution in [3.05, 3.63) is 16.5 Å². The number of rotatable bonds is 13. The molecule has 0 unspecified atom stereocenters. The van der Waals surface area contributed by atoms with Crippen molar-refractivity contribution in [3.63, 3.8) is 0 Å². The van der Waals surface area contributed by atoms with Crippen LogP contribution in [0, 0.1) is 17.2 Å². The minimum atomic E-state index is -0.516. The molecule has 0 bridgehead atoms. The van der Waals surface area contributed by atoms with Gasteiger partial charge in [-0.05, 0) is 68.3 Å². The molecule has 35 heavy (non-hydrogen) atoms. The van der Waals surface area contributed by atoms with Gasteiger partial charge < -0.3 is 15.0 Å². The molecule has 0 saturated carbocycles. The highest BCUT2D eigenvalue weighted by molar-refractivity contribution is 9.10. The summed E-state index contributed by atoms with van der Waals surface area (Å²) in [5.41, 5.74) is 2.46. The van der Waals surface area contributed by atoms with Gasteiger partial charge in [-0.1, -0.05) is 27.2 Å². The Morgan fingerprint density at radius 3 is 2.49 bits per heavy atom. The predicted molar refractivity (Wildman–Crippen MR) is 140 cm³/mol. The Balaban J connectivity index is 2.71. The monoisotopic (exact) mass is 553 g/mol. The van der Waals surface area contributed by atoms with E-state index in [9.17, 15) is 14.9 Å². The van der Waals surface area contributed by atoms with Crippen LogP contribution in [0.4, 0.5) is 15.4 Å². The second-order valence-corrected chi connectivity index (χ2v) is 10.6. The largest absolute Gasteiger partial charge is 0.444 e. The number of carbonyl (C=O) groups is 2. The van der Waals surface area contributed by atoms with Crippen LogP contribution in [0.25, 0.3) is 0 Å². The van der Waals surface area contributed by atoms with E-state index in [2.05, 4.69) is 43.6 Å². The van der Waals surface area contributed by atoms with Gasteiger partial charge in [0.2, 0.25) is 5.82 Å². The number of hydrogen-bond donors (Lipinski definition) is 2. The average Bonchev–Trinajstić information content (AvgIpc) is 2.76. The van der Waals surface area contributed by atoms with Crippen molar-refractivity contribution in [2.75, 3.05) is 31.2 Å². The molecule has 196 valence electrons. The van der Waals surface area contributed by atoms with Gasteiger partial charge in [0.25, 0.3) is 0 Å². The van der Waals surface area contributed by atoms with Gasteiger partial charge in [-0.3, -0.25) is 5.01 Å². The summed E-state index contributed by atoms with van der Waals surface area (Å²) < 4.78 is 5.83. The maximum atomic E-state index is 13.2. The van der Waals surface area contributed by atoms with E-state index in [1.807, 2.05) is 40.7 Å². The lowest BCUT2D eigenvalue weighted by Crippen LogP contribution is -2.51. The molecule has 0 aliphatic heterocycles. The minimum Gasteiger partial charge on any atom is -0.444 e. The Hall–Kier alpha value is -2.61. The van der Waals surface area contributed by atoms with Crippen LogP contribution < -0.4 is 15.8 Å². The number of halogens is 1. The molecule has 0 saturated heterocycles. The minimum absolute atomic E-state index is 0.0361. The standard InChI is InChI=1S/C24H40BrN7O3/c1-7-8-13-31(14-11-9-10-12-27-23(34)35-24(4,5)6)22(33)30-32(17-18(2)3)21-19(25)16-28-20(15-26)29-21/h16,18H,7-14,17H2,1-6H3,(H,27,34)(H,30,33). The Labute approximate surface area is 217 Å². The second-order valence-electron chi connectivity index (χ2n) is 9.73. The first-order valence-corrected chi connectivity index (χ1v) is 13.0. The number of carbonyl (C=O) groups excluding carboxylic acids is 2. The number of urea groups is 1. The highest BCUT2D eigenvalue weighted by atomic mass is 79.9. The highest BCUT2D eigenvalue weighted by Crippen LogP contribution is 2.23. The molecule has 0 aromatic carbocycles. The van der Waals surface area contributed by atoms with Crippen molar-refractivity contribution in [3.8, 4) is 6.07 Å². The van der Waals surface area contributed by atoms with Crippen LogP contribution in [0.1, 0.15) is 79.5 Å². The second kappa shape index (κ2) is 15.4. The summed E-state index contributed by atoms with van der Waals surface area (Å²) in [5, 5.41) is 13.6. The fourth-order valence-electron chi connectivity index (χ4n) is 3.11. The molecule has 0 spiro atoms. The first kappa shape index (κ1) is 30.4. The number of aromatic nitrogens is 2. The van der Waals surface area contributed by atoms with Gasteiger partial charge in [-0.15, -0.1) is 0 Å². The summed E-state index contributed by atoms with van der Waals surface area (Å²) >= 11 is 3.43. The maximum absolute atomic E-state index is 13.2. The number of alkyl carbamates (subject to hydrolysis) is 1. The van der Waals surface area contributed by atoms with Crippen LogP contribution in [0.15, 0.2) is 10.7 Å². The van der Waals surface area contributed by atoms with Crippen molar-refractivity contribution in [1.82, 2.24) is 25.6 Å². The van der Waals surface area contributed by atoms with Gasteiger partial charge in [0, 0.05) is 32.4 Å². The van der Waals surface area contributed by atoms with E-state index in [0.29, 0.717) is 36.5 Å². The molecular formula is C24H40BrN7O3. The smallest absolute Gasteiger partial charge is 0.407 e. The van der Waals surface area contributed by atoms with Crippen molar-refractivity contribution >= 4 is 33.9 Å². The highest BCUT2D eigenvalue weighted by Gasteiger charge is 2.21. The van der Waals surface area contributed by atoms with Crippen LogP contribution in [-0.4, -0.2) is 58.8 Å². The lowest BCUT2D eigenvalue weighted by atomic mass is 10.2. The number of nitrogens with one attached hydrogen (secondary N) is 2. The first-order valence-electron chi connectivity index (χ1n) is 12.2. The van der Waals surface area contributed by atoms with Crippen LogP contribution >= 0.6 is 15.9 Å². The maximum Gasteiger partial charge on any atom is 0.407 e. The summed E-state index contributed by atoms with van der Waals surface area (Å²) in [5.74, 6) is 0.723. The van der Waals surface area contributed by atoms with Gasteiger partial charge in [-0.25, -0.2) is 20.0 Å². The average molecular weight is 555 g/mol. The third kappa shape index (κ3) is 12.6. The van der Waals surface area contributed by atoms with Crippen molar-refractivity contribution in [2.45, 2.75) is 79.2 Å². The molecule has 0 atom stereocenters. The molecule has 0 aliphatic rings. The molecule has 11 heteroatoms. The van der Waals surface area contributed by atoms with E-state index < -0.39 is 11.7 Å². The van der Waals surface area contributed by atoms with E-state index in [0.717, 1.165) is 32.1 Å². The number of nitrogens with zero attached hydrogens (tertiary/aromatic N) is 5. The van der Waals surface area contributed by atoms with Crippen LogP contribution in [0.3, 0.4) is 0 Å². The van der Waals surface area contributed by atoms with Gasteiger partial charge in [0.05, 0.1) is 4.47 Å². The third-order valence-corrected chi connectivity index (χ3v) is 5.26. The van der Waals surface area contributed by atoms with Gasteiger partial charge >= 0.3 is 12.1 Å². The Kier molecular flexibility index (Phi) is 13.4. The molecule has 10 nitrogen and oxygen atoms in total. The number of amides is 3. The van der Waals surface area contributed by atoms with E-state index in [-0.39, 0.29) is 17.8 Å². The van der Waals surface area contributed by atoms with Crippen molar-refractivity contribution in [1.29, 1.82) is 5.26 Å². The van der Waals surface area contributed by atoms with E-state index in [1.54, 1.807) is 9.91 Å². The third-order valence-electron chi connectivity index (χ3n) is 4.70. The van der Waals surface area contributed by atoms with Crippen molar-refractivity contribution < 1.29 is 14.3 Å². The zero-order chi connectivity index (χ0) is 26.4. The molecule has 1 aromatic heterocycles. The number of unbranched alkanes of at least 4 members (excludes halogenated alkanes) is 3. The lowest BCUT2D eigenvalue weighted by Gasteiger charge is -2.31. The molecule has 3 amide bonds.